The van der Waals surface area contributed by atoms with Crippen molar-refractivity contribution in [3.8, 4) is 0 Å². The molecule has 1 rings (SSSR count). The number of likely N-dealkylation sites (tertiary alicyclic amines) is 1. The summed E-state index contributed by atoms with van der Waals surface area (Å²) in [7, 11) is 0. The molecule has 0 aromatic heterocycles. The molecule has 1 unspecified atom stereocenters. The second-order valence-electron chi connectivity index (χ2n) is 2.15. The first kappa shape index (κ1) is 9.71. The summed E-state index contributed by atoms with van der Waals surface area (Å²) in [6.07, 6.45) is 0.870. The molecular formula is C5H11BrN2O2. The highest BCUT2D eigenvalue weighted by Gasteiger charge is 2.24. The minimum Gasteiger partial charge on any atom is -0.373 e. The third-order valence-corrected chi connectivity index (χ3v) is 1.50. The number of halogens is 1. The number of nitrogens with zero attached hydrogens (tertiary/aromatic N) is 1. The molecule has 60 valence electrons. The van der Waals surface area contributed by atoms with E-state index in [1.807, 2.05) is 0 Å². The van der Waals surface area contributed by atoms with Gasteiger partial charge in [-0.2, -0.15) is 0 Å². The molecule has 1 heterocycles. The van der Waals surface area contributed by atoms with Gasteiger partial charge >= 0.3 is 6.03 Å². The number of hydrogen-bond acceptors (Lipinski definition) is 2. The number of carbonyl (C=O) groups excluding carboxylic acids is 1. The Morgan fingerprint density at radius 2 is 2.30 bits per heavy atom. The molecule has 1 aliphatic heterocycles. The van der Waals surface area contributed by atoms with Crippen molar-refractivity contribution in [2.75, 3.05) is 6.54 Å². The fourth-order valence-corrected chi connectivity index (χ4v) is 1.01. The van der Waals surface area contributed by atoms with Gasteiger partial charge in [0.1, 0.15) is 6.23 Å². The van der Waals surface area contributed by atoms with E-state index >= 15 is 0 Å². The van der Waals surface area contributed by atoms with Crippen molar-refractivity contribution in [2.24, 2.45) is 5.73 Å². The number of hydrogen-bond donors (Lipinski definition) is 2. The Morgan fingerprint density at radius 1 is 1.70 bits per heavy atom. The van der Waals surface area contributed by atoms with Gasteiger partial charge in [0.05, 0.1) is 0 Å². The smallest absolute Gasteiger partial charge is 0.316 e. The quantitative estimate of drug-likeness (QED) is 0.594. The molecule has 4 nitrogen and oxygen atoms in total. The Bertz CT molecular complexity index is 131. The highest BCUT2D eigenvalue weighted by atomic mass is 79.9. The molecule has 2 amide bonds. The van der Waals surface area contributed by atoms with Gasteiger partial charge in [-0.3, -0.25) is 4.90 Å². The lowest BCUT2D eigenvalue weighted by Gasteiger charge is -2.16. The number of rotatable bonds is 0. The number of nitrogens with two attached hydrogens (primary N) is 1. The summed E-state index contributed by atoms with van der Waals surface area (Å²) in [6, 6.07) is -0.528. The molecule has 0 spiro atoms. The molecule has 1 fully saturated rings. The monoisotopic (exact) mass is 210 g/mol. The van der Waals surface area contributed by atoms with Crippen LogP contribution in [0.25, 0.3) is 0 Å². The molecule has 0 saturated carbocycles. The number of carbonyl (C=O) groups is 1. The van der Waals surface area contributed by atoms with E-state index in [0.29, 0.717) is 13.0 Å². The summed E-state index contributed by atoms with van der Waals surface area (Å²) in [5.41, 5.74) is 4.92. The van der Waals surface area contributed by atoms with Crippen molar-refractivity contribution in [3.05, 3.63) is 0 Å². The van der Waals surface area contributed by atoms with Gasteiger partial charge in [0, 0.05) is 6.54 Å². The van der Waals surface area contributed by atoms with E-state index in [-0.39, 0.29) is 17.0 Å². The number of urea groups is 1. The molecular weight excluding hydrogens is 200 g/mol. The summed E-state index contributed by atoms with van der Waals surface area (Å²) in [4.78, 5) is 11.7. The van der Waals surface area contributed by atoms with E-state index in [1.165, 1.54) is 4.90 Å². The summed E-state index contributed by atoms with van der Waals surface area (Å²) in [5.74, 6) is 0. The van der Waals surface area contributed by atoms with Crippen LogP contribution in [0.2, 0.25) is 0 Å². The zero-order chi connectivity index (χ0) is 6.85. The largest absolute Gasteiger partial charge is 0.373 e. The van der Waals surface area contributed by atoms with Crippen molar-refractivity contribution in [3.63, 3.8) is 0 Å². The number of aliphatic hydroxyl groups excluding tert-OH is 1. The summed E-state index contributed by atoms with van der Waals surface area (Å²) in [6.45, 7) is 0.594. The minimum atomic E-state index is -0.637. The molecule has 0 aliphatic carbocycles. The van der Waals surface area contributed by atoms with Crippen LogP contribution in [0.5, 0.6) is 0 Å². The third kappa shape index (κ3) is 1.85. The van der Waals surface area contributed by atoms with Crippen LogP contribution in [-0.4, -0.2) is 28.8 Å². The van der Waals surface area contributed by atoms with Gasteiger partial charge in [0.15, 0.2) is 0 Å². The van der Waals surface area contributed by atoms with Crippen molar-refractivity contribution in [2.45, 2.75) is 19.1 Å². The fraction of sp³-hybridized carbons (Fsp3) is 0.800. The molecule has 0 radical (unpaired) electrons. The Hall–Kier alpha value is -0.290. The highest BCUT2D eigenvalue weighted by Crippen LogP contribution is 2.12. The minimum absolute atomic E-state index is 0. The normalized spacial score (nSPS) is 24.1. The number of amides is 2. The Morgan fingerprint density at radius 3 is 2.50 bits per heavy atom. The summed E-state index contributed by atoms with van der Waals surface area (Å²) < 4.78 is 0. The first-order valence-corrected chi connectivity index (χ1v) is 2.96. The molecule has 3 N–H and O–H groups in total. The van der Waals surface area contributed by atoms with E-state index in [2.05, 4.69) is 0 Å². The van der Waals surface area contributed by atoms with Gasteiger partial charge in [-0.1, -0.05) is 0 Å². The Kier molecular flexibility index (Phi) is 3.67. The van der Waals surface area contributed by atoms with Crippen LogP contribution in [0.4, 0.5) is 4.79 Å². The van der Waals surface area contributed by atoms with Crippen LogP contribution >= 0.6 is 17.0 Å². The van der Waals surface area contributed by atoms with Gasteiger partial charge in [-0.15, -0.1) is 17.0 Å². The molecule has 0 aromatic rings. The standard InChI is InChI=1S/C5H10N2O2.BrH/c6-5(9)7-3-1-2-4(7)8;/h4,8H,1-3H2,(H2,6,9);1H. The second-order valence-corrected chi connectivity index (χ2v) is 2.15. The van der Waals surface area contributed by atoms with E-state index < -0.39 is 12.3 Å². The van der Waals surface area contributed by atoms with Crippen LogP contribution in [0, 0.1) is 0 Å². The van der Waals surface area contributed by atoms with Gasteiger partial charge in [-0.25, -0.2) is 4.79 Å². The van der Waals surface area contributed by atoms with E-state index in [0.717, 1.165) is 6.42 Å². The molecule has 1 saturated heterocycles. The van der Waals surface area contributed by atoms with Crippen LogP contribution < -0.4 is 5.73 Å². The van der Waals surface area contributed by atoms with Crippen LogP contribution in [0.15, 0.2) is 0 Å². The summed E-state index contributed by atoms with van der Waals surface area (Å²) >= 11 is 0. The first-order chi connectivity index (χ1) is 4.22. The molecule has 5 heteroatoms. The SMILES string of the molecule is Br.NC(=O)N1CCCC1O. The zero-order valence-corrected chi connectivity index (χ0v) is 7.20. The molecule has 0 aromatic carbocycles. The zero-order valence-electron chi connectivity index (χ0n) is 5.49. The molecule has 1 atom stereocenters. The third-order valence-electron chi connectivity index (χ3n) is 1.50. The topological polar surface area (TPSA) is 66.6 Å². The Balaban J connectivity index is 0.000000810. The van der Waals surface area contributed by atoms with E-state index in [4.69, 9.17) is 10.8 Å². The Labute approximate surface area is 69.8 Å². The van der Waals surface area contributed by atoms with Crippen molar-refractivity contribution in [1.82, 2.24) is 4.90 Å². The maximum absolute atomic E-state index is 10.4. The van der Waals surface area contributed by atoms with Crippen molar-refractivity contribution < 1.29 is 9.90 Å². The van der Waals surface area contributed by atoms with E-state index in [9.17, 15) is 4.79 Å². The van der Waals surface area contributed by atoms with Gasteiger partial charge in [0.25, 0.3) is 0 Å². The predicted octanol–water partition coefficient (Wildman–Crippen LogP) is 0.0572. The maximum Gasteiger partial charge on any atom is 0.316 e. The van der Waals surface area contributed by atoms with Gasteiger partial charge in [0.2, 0.25) is 0 Å². The molecule has 10 heavy (non-hydrogen) atoms. The average Bonchev–Trinajstić information content (AvgIpc) is 2.13. The number of aliphatic hydroxyl groups is 1. The van der Waals surface area contributed by atoms with Crippen LogP contribution in [0.1, 0.15) is 12.8 Å². The second kappa shape index (κ2) is 3.78. The lowest BCUT2D eigenvalue weighted by molar-refractivity contribution is 0.0650. The van der Waals surface area contributed by atoms with E-state index in [1.54, 1.807) is 0 Å². The van der Waals surface area contributed by atoms with Crippen molar-refractivity contribution >= 4 is 23.0 Å². The molecule has 1 aliphatic rings. The van der Waals surface area contributed by atoms with Crippen LogP contribution in [-0.2, 0) is 0 Å². The fourth-order valence-electron chi connectivity index (χ4n) is 1.01. The first-order valence-electron chi connectivity index (χ1n) is 2.96. The number of primary amides is 1. The lowest BCUT2D eigenvalue weighted by Crippen LogP contribution is -2.39. The maximum atomic E-state index is 10.4. The van der Waals surface area contributed by atoms with Crippen LogP contribution in [0.3, 0.4) is 0 Å². The highest BCUT2D eigenvalue weighted by molar-refractivity contribution is 8.93. The molecule has 0 bridgehead atoms. The lowest BCUT2D eigenvalue weighted by atomic mass is 10.4. The van der Waals surface area contributed by atoms with Crippen molar-refractivity contribution in [1.29, 1.82) is 0 Å². The average molecular weight is 211 g/mol. The van der Waals surface area contributed by atoms with Gasteiger partial charge < -0.3 is 10.8 Å². The summed E-state index contributed by atoms with van der Waals surface area (Å²) in [5, 5.41) is 8.98. The predicted molar refractivity (Wildman–Crippen MR) is 41.9 cm³/mol. The van der Waals surface area contributed by atoms with Gasteiger partial charge in [-0.05, 0) is 12.8 Å².